The third-order valence-electron chi connectivity index (χ3n) is 3.52. The number of hydrogen-bond acceptors (Lipinski definition) is 4. The molecule has 1 heterocycles. The summed E-state index contributed by atoms with van der Waals surface area (Å²) in [6.45, 7) is 0. The summed E-state index contributed by atoms with van der Waals surface area (Å²) in [6.07, 6.45) is 5.00. The Morgan fingerprint density at radius 2 is 2.00 bits per heavy atom. The Bertz CT molecular complexity index is 645. The predicted molar refractivity (Wildman–Crippen MR) is 74.5 cm³/mol. The zero-order chi connectivity index (χ0) is 14.1. The lowest BCUT2D eigenvalue weighted by molar-refractivity contribution is 0.112. The fourth-order valence-corrected chi connectivity index (χ4v) is 2.26. The molecule has 0 bridgehead atoms. The van der Waals surface area contributed by atoms with Gasteiger partial charge in [0, 0.05) is 23.7 Å². The summed E-state index contributed by atoms with van der Waals surface area (Å²) < 4.78 is 10.6. The Labute approximate surface area is 116 Å². The molecule has 0 radical (unpaired) electrons. The number of imidazole rings is 1. The van der Waals surface area contributed by atoms with E-state index in [1.165, 1.54) is 20.0 Å². The minimum absolute atomic E-state index is 0.485. The lowest BCUT2D eigenvalue weighted by atomic mass is 10.1. The number of ether oxygens (including phenoxy) is 2. The van der Waals surface area contributed by atoms with Crippen molar-refractivity contribution in [2.24, 2.45) is 0 Å². The van der Waals surface area contributed by atoms with Crippen molar-refractivity contribution in [2.45, 2.75) is 18.8 Å². The fraction of sp³-hybridized carbons (Fsp3) is 0.333. The van der Waals surface area contributed by atoms with Gasteiger partial charge >= 0.3 is 0 Å². The van der Waals surface area contributed by atoms with Crippen molar-refractivity contribution in [2.75, 3.05) is 14.2 Å². The van der Waals surface area contributed by atoms with Gasteiger partial charge in [-0.15, -0.1) is 0 Å². The maximum atomic E-state index is 11.1. The average molecular weight is 272 g/mol. The van der Waals surface area contributed by atoms with Gasteiger partial charge in [0.2, 0.25) is 0 Å². The van der Waals surface area contributed by atoms with Gasteiger partial charge in [-0.1, -0.05) is 0 Å². The maximum Gasteiger partial charge on any atom is 0.153 e. The van der Waals surface area contributed by atoms with Crippen LogP contribution in [0.15, 0.2) is 18.3 Å². The van der Waals surface area contributed by atoms with E-state index in [1.54, 1.807) is 19.2 Å². The highest BCUT2D eigenvalue weighted by molar-refractivity contribution is 5.84. The maximum absolute atomic E-state index is 11.1. The molecule has 1 aromatic carbocycles. The fourth-order valence-electron chi connectivity index (χ4n) is 2.26. The molecule has 0 amide bonds. The van der Waals surface area contributed by atoms with Crippen molar-refractivity contribution in [1.29, 1.82) is 0 Å². The summed E-state index contributed by atoms with van der Waals surface area (Å²) in [6, 6.07) is 3.46. The largest absolute Gasteiger partial charge is 0.496 e. The third-order valence-corrected chi connectivity index (χ3v) is 3.52. The smallest absolute Gasteiger partial charge is 0.153 e. The van der Waals surface area contributed by atoms with Gasteiger partial charge < -0.3 is 14.5 Å². The quantitative estimate of drug-likeness (QED) is 0.850. The number of methoxy groups -OCH3 is 2. The normalized spacial score (nSPS) is 14.1. The Kier molecular flexibility index (Phi) is 3.18. The molecule has 0 unspecified atom stereocenters. The van der Waals surface area contributed by atoms with E-state index >= 15 is 0 Å². The molecule has 0 atom stereocenters. The first kappa shape index (κ1) is 12.7. The lowest BCUT2D eigenvalue weighted by Crippen LogP contribution is -1.95. The molecule has 0 saturated heterocycles. The Morgan fingerprint density at radius 3 is 2.60 bits per heavy atom. The number of aldehydes is 1. The van der Waals surface area contributed by atoms with Crippen molar-refractivity contribution in [3.63, 3.8) is 0 Å². The molecule has 0 spiro atoms. The van der Waals surface area contributed by atoms with Crippen LogP contribution in [0, 0.1) is 0 Å². The van der Waals surface area contributed by atoms with Gasteiger partial charge in [-0.25, -0.2) is 4.98 Å². The molecule has 1 aliphatic rings. The molecule has 3 rings (SSSR count). The van der Waals surface area contributed by atoms with Gasteiger partial charge in [0.05, 0.1) is 25.5 Å². The van der Waals surface area contributed by atoms with Gasteiger partial charge in [-0.2, -0.15) is 0 Å². The van der Waals surface area contributed by atoms with E-state index in [-0.39, 0.29) is 0 Å². The van der Waals surface area contributed by atoms with Crippen LogP contribution in [0.3, 0.4) is 0 Å². The lowest BCUT2D eigenvalue weighted by Gasteiger charge is -2.10. The second-order valence-corrected chi connectivity index (χ2v) is 4.86. The number of benzene rings is 1. The van der Waals surface area contributed by atoms with Crippen molar-refractivity contribution in [1.82, 2.24) is 9.97 Å². The van der Waals surface area contributed by atoms with Gasteiger partial charge in [0.25, 0.3) is 0 Å². The van der Waals surface area contributed by atoms with Gasteiger partial charge in [-0.05, 0) is 18.9 Å². The molecule has 1 aliphatic carbocycles. The highest BCUT2D eigenvalue weighted by Crippen LogP contribution is 2.40. The number of hydrogen-bond donors (Lipinski definition) is 1. The number of carbonyl (C=O) groups excluding carboxylic acids is 1. The van der Waals surface area contributed by atoms with Crippen molar-refractivity contribution in [3.05, 3.63) is 29.7 Å². The van der Waals surface area contributed by atoms with E-state index < -0.39 is 0 Å². The van der Waals surface area contributed by atoms with Crippen molar-refractivity contribution in [3.8, 4) is 22.8 Å². The summed E-state index contributed by atoms with van der Waals surface area (Å²) in [5.74, 6) is 2.70. The Balaban J connectivity index is 2.07. The Morgan fingerprint density at radius 1 is 1.25 bits per heavy atom. The van der Waals surface area contributed by atoms with E-state index in [1.807, 2.05) is 6.20 Å². The van der Waals surface area contributed by atoms with Crippen molar-refractivity contribution >= 4 is 6.29 Å². The second-order valence-electron chi connectivity index (χ2n) is 4.86. The topological polar surface area (TPSA) is 64.2 Å². The van der Waals surface area contributed by atoms with Crippen LogP contribution in [-0.4, -0.2) is 30.5 Å². The van der Waals surface area contributed by atoms with Crippen LogP contribution in [0.4, 0.5) is 0 Å². The average Bonchev–Trinajstić information content (AvgIpc) is 3.23. The zero-order valence-electron chi connectivity index (χ0n) is 11.5. The molecule has 1 aromatic heterocycles. The molecule has 1 saturated carbocycles. The van der Waals surface area contributed by atoms with Crippen LogP contribution in [0.1, 0.15) is 34.9 Å². The molecule has 1 N–H and O–H groups in total. The van der Waals surface area contributed by atoms with Gasteiger partial charge in [-0.3, -0.25) is 4.79 Å². The van der Waals surface area contributed by atoms with E-state index in [2.05, 4.69) is 9.97 Å². The number of nitrogens with zero attached hydrogens (tertiary/aromatic N) is 1. The molecular formula is C15H16N2O3. The number of carbonyl (C=O) groups is 1. The highest BCUT2D eigenvalue weighted by Gasteiger charge is 2.27. The summed E-state index contributed by atoms with van der Waals surface area (Å²) in [5.41, 5.74) is 2.06. The van der Waals surface area contributed by atoms with Crippen LogP contribution >= 0.6 is 0 Å². The van der Waals surface area contributed by atoms with Gasteiger partial charge in [0.15, 0.2) is 6.29 Å². The monoisotopic (exact) mass is 272 g/mol. The van der Waals surface area contributed by atoms with Crippen LogP contribution in [-0.2, 0) is 0 Å². The van der Waals surface area contributed by atoms with E-state index in [0.717, 1.165) is 23.4 Å². The van der Waals surface area contributed by atoms with E-state index in [4.69, 9.17) is 9.47 Å². The number of aromatic nitrogens is 2. The molecule has 20 heavy (non-hydrogen) atoms. The molecule has 5 nitrogen and oxygen atoms in total. The first-order valence-corrected chi connectivity index (χ1v) is 6.53. The third kappa shape index (κ3) is 2.15. The first-order chi connectivity index (χ1) is 9.76. The molecule has 1 fully saturated rings. The minimum Gasteiger partial charge on any atom is -0.496 e. The standard InChI is InChI=1S/C15H16N2O3/c1-19-13-6-14(20-2)11(5-10(13)8-18)12-7-16-15(17-12)9-3-4-9/h5-9H,3-4H2,1-2H3,(H,16,17). The van der Waals surface area contributed by atoms with E-state index in [0.29, 0.717) is 23.0 Å². The highest BCUT2D eigenvalue weighted by atomic mass is 16.5. The predicted octanol–water partition coefficient (Wildman–Crippen LogP) is 2.78. The van der Waals surface area contributed by atoms with Crippen LogP contribution in [0.2, 0.25) is 0 Å². The number of rotatable bonds is 5. The molecule has 2 aromatic rings. The summed E-state index contributed by atoms with van der Waals surface area (Å²) >= 11 is 0. The zero-order valence-corrected chi connectivity index (χ0v) is 11.5. The Hall–Kier alpha value is -2.30. The van der Waals surface area contributed by atoms with Crippen LogP contribution < -0.4 is 9.47 Å². The molecular weight excluding hydrogens is 256 g/mol. The minimum atomic E-state index is 0.485. The first-order valence-electron chi connectivity index (χ1n) is 6.53. The summed E-state index contributed by atoms with van der Waals surface area (Å²) in [7, 11) is 3.12. The van der Waals surface area contributed by atoms with Crippen LogP contribution in [0.25, 0.3) is 11.3 Å². The summed E-state index contributed by atoms with van der Waals surface area (Å²) in [4.78, 5) is 18.9. The SMILES string of the molecule is COc1cc(OC)c(-c2c[nH]c(C3CC3)n2)cc1C=O. The number of H-pyrrole nitrogens is 1. The summed E-state index contributed by atoms with van der Waals surface area (Å²) in [5, 5.41) is 0. The molecule has 0 aliphatic heterocycles. The molecule has 104 valence electrons. The van der Waals surface area contributed by atoms with Crippen molar-refractivity contribution < 1.29 is 14.3 Å². The number of aromatic amines is 1. The van der Waals surface area contributed by atoms with Gasteiger partial charge in [0.1, 0.15) is 17.3 Å². The second kappa shape index (κ2) is 5.00. The number of nitrogens with one attached hydrogen (secondary N) is 1. The van der Waals surface area contributed by atoms with E-state index in [9.17, 15) is 4.79 Å². The molecule has 5 heteroatoms. The van der Waals surface area contributed by atoms with Crippen LogP contribution in [0.5, 0.6) is 11.5 Å².